The van der Waals surface area contributed by atoms with E-state index in [1.54, 1.807) is 0 Å². The summed E-state index contributed by atoms with van der Waals surface area (Å²) >= 11 is 0. The van der Waals surface area contributed by atoms with Crippen LogP contribution in [0, 0.1) is 0 Å². The molecule has 6 heteroatoms. The van der Waals surface area contributed by atoms with E-state index in [1.165, 1.54) is 0 Å². The van der Waals surface area contributed by atoms with E-state index in [1.807, 2.05) is 13.8 Å². The van der Waals surface area contributed by atoms with E-state index in [0.29, 0.717) is 22.7 Å². The minimum atomic E-state index is 0.160. The second-order valence-corrected chi connectivity index (χ2v) is 3.37. The average molecular weight is 193 g/mol. The predicted octanol–water partition coefficient (Wildman–Crippen LogP) is 0.906. The first-order valence-corrected chi connectivity index (χ1v) is 4.28. The van der Waals surface area contributed by atoms with Crippen molar-refractivity contribution in [2.45, 2.75) is 19.8 Å². The van der Waals surface area contributed by atoms with Gasteiger partial charge >= 0.3 is 0 Å². The lowest BCUT2D eigenvalue weighted by Gasteiger charge is -2.03. The average Bonchev–Trinajstić information content (AvgIpc) is 2.48. The van der Waals surface area contributed by atoms with E-state index in [0.717, 1.165) is 0 Å². The summed E-state index contributed by atoms with van der Waals surface area (Å²) in [6.07, 6.45) is 0. The van der Waals surface area contributed by atoms with Gasteiger partial charge < -0.3 is 16.0 Å². The predicted molar refractivity (Wildman–Crippen MR) is 52.5 cm³/mol. The topological polar surface area (TPSA) is 104 Å². The fourth-order valence-corrected chi connectivity index (χ4v) is 1.18. The van der Waals surface area contributed by atoms with Gasteiger partial charge in [-0.25, -0.2) is 9.97 Å². The maximum atomic E-state index is 5.71. The van der Waals surface area contributed by atoms with Gasteiger partial charge in [0.1, 0.15) is 17.0 Å². The van der Waals surface area contributed by atoms with E-state index in [2.05, 4.69) is 15.1 Å². The van der Waals surface area contributed by atoms with Crippen LogP contribution >= 0.6 is 0 Å². The molecule has 0 atom stereocenters. The van der Waals surface area contributed by atoms with Gasteiger partial charge in [-0.05, 0) is 0 Å². The molecule has 0 fully saturated rings. The van der Waals surface area contributed by atoms with Crippen LogP contribution in [0.4, 0.5) is 11.7 Å². The fourth-order valence-electron chi connectivity index (χ4n) is 1.18. The van der Waals surface area contributed by atoms with Crippen molar-refractivity contribution in [3.63, 3.8) is 0 Å². The van der Waals surface area contributed by atoms with Crippen molar-refractivity contribution in [1.29, 1.82) is 0 Å². The number of hydrogen-bond acceptors (Lipinski definition) is 6. The smallest absolute Gasteiger partial charge is 0.235 e. The lowest BCUT2D eigenvalue weighted by Crippen LogP contribution is -2.02. The number of nitrogens with zero attached hydrogens (tertiary/aromatic N) is 3. The summed E-state index contributed by atoms with van der Waals surface area (Å²) in [6, 6.07) is 0. The normalized spacial score (nSPS) is 11.4. The van der Waals surface area contributed by atoms with Gasteiger partial charge in [-0.1, -0.05) is 19.0 Å². The summed E-state index contributed by atoms with van der Waals surface area (Å²) in [6.45, 7) is 3.95. The maximum Gasteiger partial charge on any atom is 0.235 e. The third-order valence-corrected chi connectivity index (χ3v) is 1.93. The van der Waals surface area contributed by atoms with Crippen molar-refractivity contribution in [3.8, 4) is 0 Å². The third-order valence-electron chi connectivity index (χ3n) is 1.93. The molecule has 0 radical (unpaired) electrons. The Morgan fingerprint density at radius 1 is 1.21 bits per heavy atom. The van der Waals surface area contributed by atoms with Crippen LogP contribution in [0.5, 0.6) is 0 Å². The minimum Gasteiger partial charge on any atom is -0.383 e. The van der Waals surface area contributed by atoms with Gasteiger partial charge in [0.15, 0.2) is 0 Å². The Bertz CT molecular complexity index is 476. The van der Waals surface area contributed by atoms with Crippen molar-refractivity contribution in [3.05, 3.63) is 5.82 Å². The Morgan fingerprint density at radius 3 is 2.57 bits per heavy atom. The Labute approximate surface area is 80.3 Å². The number of nitrogens with two attached hydrogens (primary N) is 2. The van der Waals surface area contributed by atoms with E-state index in [-0.39, 0.29) is 11.8 Å². The van der Waals surface area contributed by atoms with Crippen molar-refractivity contribution >= 4 is 22.7 Å². The Morgan fingerprint density at radius 2 is 1.93 bits per heavy atom. The molecule has 2 rings (SSSR count). The van der Waals surface area contributed by atoms with Gasteiger partial charge in [0.05, 0.1) is 0 Å². The zero-order chi connectivity index (χ0) is 10.3. The highest BCUT2D eigenvalue weighted by molar-refractivity contribution is 5.93. The molecule has 74 valence electrons. The highest BCUT2D eigenvalue weighted by Crippen LogP contribution is 2.25. The summed E-state index contributed by atoms with van der Waals surface area (Å²) in [5.74, 6) is 1.31. The lowest BCUT2D eigenvalue weighted by atomic mass is 10.2. The highest BCUT2D eigenvalue weighted by Gasteiger charge is 2.14. The number of anilines is 2. The molecule has 14 heavy (non-hydrogen) atoms. The van der Waals surface area contributed by atoms with E-state index >= 15 is 0 Å². The first-order chi connectivity index (χ1) is 6.59. The Balaban J connectivity index is 2.74. The van der Waals surface area contributed by atoms with Crippen LogP contribution in [-0.2, 0) is 0 Å². The molecule has 2 aromatic rings. The molecule has 6 nitrogen and oxygen atoms in total. The number of rotatable bonds is 1. The molecule has 0 amide bonds. The van der Waals surface area contributed by atoms with Crippen LogP contribution < -0.4 is 11.5 Å². The summed E-state index contributed by atoms with van der Waals surface area (Å²) in [4.78, 5) is 8.30. The van der Waals surface area contributed by atoms with Gasteiger partial charge in [-0.3, -0.25) is 0 Å². The largest absolute Gasteiger partial charge is 0.383 e. The summed E-state index contributed by atoms with van der Waals surface area (Å²) in [7, 11) is 0. The zero-order valence-corrected chi connectivity index (χ0v) is 7.98. The van der Waals surface area contributed by atoms with Gasteiger partial charge in [0.25, 0.3) is 0 Å². The molecule has 0 bridgehead atoms. The van der Waals surface area contributed by atoms with Crippen LogP contribution in [0.25, 0.3) is 11.0 Å². The molecular weight excluding hydrogens is 182 g/mol. The molecule has 0 saturated carbocycles. The SMILES string of the molecule is CC(C)c1nc(N)c2c(N)onc2n1. The van der Waals surface area contributed by atoms with Crippen LogP contribution in [0.3, 0.4) is 0 Å². The molecule has 0 aliphatic carbocycles. The molecule has 0 saturated heterocycles. The van der Waals surface area contributed by atoms with Crippen molar-refractivity contribution in [2.75, 3.05) is 11.5 Å². The highest BCUT2D eigenvalue weighted by atomic mass is 16.5. The standard InChI is InChI=1S/C8H11N5O/c1-3(2)7-11-5(9)4-6(10)14-13-8(4)12-7/h3H,10H2,1-2H3,(H2,9,11,12,13). The van der Waals surface area contributed by atoms with Crippen molar-refractivity contribution in [1.82, 2.24) is 15.1 Å². The summed E-state index contributed by atoms with van der Waals surface area (Å²) in [5.41, 5.74) is 11.6. The molecule has 0 aliphatic heterocycles. The van der Waals surface area contributed by atoms with E-state index < -0.39 is 0 Å². The van der Waals surface area contributed by atoms with E-state index in [4.69, 9.17) is 16.0 Å². The molecule has 2 heterocycles. The summed E-state index contributed by atoms with van der Waals surface area (Å²) in [5, 5.41) is 4.19. The zero-order valence-electron chi connectivity index (χ0n) is 7.98. The number of nitrogen functional groups attached to an aromatic ring is 2. The van der Waals surface area contributed by atoms with Crippen molar-refractivity contribution < 1.29 is 4.52 Å². The molecular formula is C8H11N5O. The molecule has 4 N–H and O–H groups in total. The molecule has 0 aliphatic rings. The first-order valence-electron chi connectivity index (χ1n) is 4.28. The van der Waals surface area contributed by atoms with Gasteiger partial charge in [-0.15, -0.1) is 0 Å². The van der Waals surface area contributed by atoms with Gasteiger partial charge in [-0.2, -0.15) is 0 Å². The second-order valence-electron chi connectivity index (χ2n) is 3.37. The fraction of sp³-hybridized carbons (Fsp3) is 0.375. The lowest BCUT2D eigenvalue weighted by molar-refractivity contribution is 0.443. The van der Waals surface area contributed by atoms with Gasteiger partial charge in [0, 0.05) is 5.92 Å². The first kappa shape index (κ1) is 8.74. The monoisotopic (exact) mass is 193 g/mol. The number of hydrogen-bond donors (Lipinski definition) is 2. The van der Waals surface area contributed by atoms with Crippen LogP contribution in [-0.4, -0.2) is 15.1 Å². The van der Waals surface area contributed by atoms with Crippen LogP contribution in [0.1, 0.15) is 25.6 Å². The quantitative estimate of drug-likeness (QED) is 0.697. The molecule has 0 aromatic carbocycles. The van der Waals surface area contributed by atoms with Gasteiger partial charge in [0.2, 0.25) is 11.5 Å². The summed E-state index contributed by atoms with van der Waals surface area (Å²) < 4.78 is 4.78. The Hall–Kier alpha value is -1.85. The number of fused-ring (bicyclic) bond motifs is 1. The molecule has 2 aromatic heterocycles. The minimum absolute atomic E-state index is 0.160. The van der Waals surface area contributed by atoms with Crippen LogP contribution in [0.2, 0.25) is 0 Å². The second kappa shape index (κ2) is 2.83. The molecule has 0 unspecified atom stereocenters. The van der Waals surface area contributed by atoms with E-state index in [9.17, 15) is 0 Å². The Kier molecular flexibility index (Phi) is 1.77. The number of aromatic nitrogens is 3. The van der Waals surface area contributed by atoms with Crippen LogP contribution in [0.15, 0.2) is 4.52 Å². The maximum absolute atomic E-state index is 5.71. The van der Waals surface area contributed by atoms with Crippen molar-refractivity contribution in [2.24, 2.45) is 0 Å². The third kappa shape index (κ3) is 1.15. The molecule has 0 spiro atoms.